The number of carbonyl (C=O) groups excluding carboxylic acids is 6. The maximum absolute atomic E-state index is 13.0. The summed E-state index contributed by atoms with van der Waals surface area (Å²) in [5.74, 6) is 4.08. The summed E-state index contributed by atoms with van der Waals surface area (Å²) < 4.78 is 10.1. The fourth-order valence-electron chi connectivity index (χ4n) is 15.0. The summed E-state index contributed by atoms with van der Waals surface area (Å²) in [5, 5.41) is 25.9. The first-order chi connectivity index (χ1) is 59.1. The lowest BCUT2D eigenvalue weighted by atomic mass is 9.94. The number of esters is 2. The summed E-state index contributed by atoms with van der Waals surface area (Å²) in [6.45, 7) is 23.3. The van der Waals surface area contributed by atoms with Crippen LogP contribution in [0.5, 0.6) is 0 Å². The topological polar surface area (TPSA) is 364 Å². The number of nitrogens with zero attached hydrogens (tertiary/aromatic N) is 13. The van der Waals surface area contributed by atoms with Gasteiger partial charge in [-0.3, -0.25) is 33.9 Å². The summed E-state index contributed by atoms with van der Waals surface area (Å²) in [6.07, 6.45) is 31.6. The van der Waals surface area contributed by atoms with Gasteiger partial charge in [0.2, 0.25) is 0 Å². The maximum Gasteiger partial charge on any atom is 0.322 e. The molecule has 0 saturated heterocycles. The fraction of sp³-hybridized carbons (Fsp3) is 0.495. The van der Waals surface area contributed by atoms with Crippen LogP contribution in [0.4, 0.5) is 46.0 Å². The van der Waals surface area contributed by atoms with Gasteiger partial charge in [0, 0.05) is 123 Å². The van der Waals surface area contributed by atoms with Crippen molar-refractivity contribution in [3.05, 3.63) is 186 Å². The smallest absolute Gasteiger partial charge is 0.322 e. The predicted octanol–water partition coefficient (Wildman–Crippen LogP) is 15.4. The summed E-state index contributed by atoms with van der Waals surface area (Å²) in [6, 6.07) is 34.4. The van der Waals surface area contributed by atoms with Crippen molar-refractivity contribution < 1.29 is 38.2 Å². The number of methoxy groups -OCH3 is 1. The lowest BCUT2D eigenvalue weighted by Gasteiger charge is -2.35. The highest BCUT2D eigenvalue weighted by molar-refractivity contribution is 6.06. The van der Waals surface area contributed by atoms with Crippen LogP contribution in [-0.2, 0) is 38.7 Å². The van der Waals surface area contributed by atoms with Crippen LogP contribution < -0.4 is 57.2 Å². The zero-order chi connectivity index (χ0) is 86.3. The normalized spacial score (nSPS) is 14.8. The quantitative estimate of drug-likeness (QED) is 0.0169. The monoisotopic (exact) mass is 1660 g/mol. The number of aromatic amines is 1. The molecule has 14 rings (SSSR count). The van der Waals surface area contributed by atoms with E-state index in [9.17, 15) is 28.8 Å². The van der Waals surface area contributed by atoms with Crippen LogP contribution in [0.15, 0.2) is 141 Å². The number of fused-ring (bicyclic) bond motifs is 1. The van der Waals surface area contributed by atoms with E-state index >= 15 is 0 Å². The van der Waals surface area contributed by atoms with Gasteiger partial charge in [-0.15, -0.1) is 0 Å². The van der Waals surface area contributed by atoms with Crippen LogP contribution in [0.3, 0.4) is 0 Å². The number of nitrogens with one attached hydrogen (secondary N) is 7. The van der Waals surface area contributed by atoms with Crippen molar-refractivity contribution in [2.45, 2.75) is 227 Å². The molecule has 9 N–H and O–H groups in total. The first kappa shape index (κ1) is 91.3. The fourth-order valence-corrected chi connectivity index (χ4v) is 15.0. The molecule has 29 nitrogen and oxygen atoms in total. The molecule has 4 amide bonds. The zero-order valence-electron chi connectivity index (χ0n) is 72.6. The van der Waals surface area contributed by atoms with E-state index in [0.29, 0.717) is 72.3 Å². The van der Waals surface area contributed by atoms with E-state index in [1.807, 2.05) is 132 Å². The van der Waals surface area contributed by atoms with E-state index in [2.05, 4.69) is 122 Å². The minimum atomic E-state index is -0.492. The zero-order valence-corrected chi connectivity index (χ0v) is 72.6. The van der Waals surface area contributed by atoms with Crippen molar-refractivity contribution in [2.24, 2.45) is 23.5 Å². The van der Waals surface area contributed by atoms with Gasteiger partial charge in [-0.1, -0.05) is 103 Å². The van der Waals surface area contributed by atoms with E-state index in [0.717, 1.165) is 144 Å². The van der Waals surface area contributed by atoms with Gasteiger partial charge >= 0.3 is 11.9 Å². The van der Waals surface area contributed by atoms with Gasteiger partial charge in [-0.2, -0.15) is 5.10 Å². The van der Waals surface area contributed by atoms with Gasteiger partial charge in [0.15, 0.2) is 0 Å². The summed E-state index contributed by atoms with van der Waals surface area (Å²) in [5.41, 5.74) is 14.4. The minimum absolute atomic E-state index is 0.143. The molecule has 5 aliphatic rings. The second-order valence-electron chi connectivity index (χ2n) is 33.5. The Bertz CT molecular complexity index is 4820. The Labute approximate surface area is 718 Å². The molecule has 29 heteroatoms. The Morgan fingerprint density at radius 3 is 1.33 bits per heavy atom. The molecular formula is C93H125N21O8. The molecule has 0 spiro atoms. The lowest BCUT2D eigenvalue weighted by molar-refractivity contribution is -0.153. The highest BCUT2D eigenvalue weighted by Crippen LogP contribution is 2.37. The molecule has 0 aliphatic heterocycles. The number of carbonyl (C=O) groups is 6. The first-order valence-corrected chi connectivity index (χ1v) is 43.9. The number of aryl methyl sites for hydroxylation is 1. The van der Waals surface area contributed by atoms with E-state index in [1.54, 1.807) is 18.3 Å². The highest BCUT2D eigenvalue weighted by atomic mass is 16.6. The van der Waals surface area contributed by atoms with Crippen LogP contribution >= 0.6 is 0 Å². The number of hydrogen-bond donors (Lipinski definition) is 8. The van der Waals surface area contributed by atoms with E-state index in [1.165, 1.54) is 135 Å². The summed E-state index contributed by atoms with van der Waals surface area (Å²) >= 11 is 0. The van der Waals surface area contributed by atoms with E-state index < -0.39 is 5.60 Å². The highest BCUT2D eigenvalue weighted by Gasteiger charge is 2.33. The molecule has 1 atom stereocenters. The van der Waals surface area contributed by atoms with E-state index in [-0.39, 0.29) is 48.2 Å². The maximum atomic E-state index is 13.0. The molecule has 0 radical (unpaired) electrons. The number of amides is 4. The number of anilines is 8. The molecule has 5 saturated carbocycles. The average molecular weight is 1670 g/mol. The Morgan fingerprint density at radius 2 is 0.902 bits per heavy atom. The van der Waals surface area contributed by atoms with Gasteiger partial charge in [0.05, 0.1) is 25.4 Å². The Hall–Kier alpha value is -11.4. The third-order valence-electron chi connectivity index (χ3n) is 22.1. The van der Waals surface area contributed by atoms with Gasteiger partial charge < -0.3 is 66.7 Å². The minimum Gasteiger partial charge on any atom is -0.468 e. The Morgan fingerprint density at radius 1 is 0.492 bits per heavy atom. The number of ether oxygens (including phenoxy) is 2. The Kier molecular flexibility index (Phi) is 34.4. The van der Waals surface area contributed by atoms with Gasteiger partial charge in [0.25, 0.3) is 23.6 Å². The molecule has 5 aliphatic carbocycles. The molecule has 5 fully saturated rings. The molecular weight excluding hydrogens is 1540 g/mol. The van der Waals surface area contributed by atoms with Crippen molar-refractivity contribution in [2.75, 3.05) is 93.8 Å². The number of benzene rings is 4. The Balaban J connectivity index is 0.000000161. The number of nitrogens with two attached hydrogens (primary N) is 1. The van der Waals surface area contributed by atoms with E-state index in [4.69, 9.17) is 15.2 Å². The second kappa shape index (κ2) is 46.0. The second-order valence-corrected chi connectivity index (χ2v) is 33.5. The summed E-state index contributed by atoms with van der Waals surface area (Å²) in [4.78, 5) is 119. The van der Waals surface area contributed by atoms with Gasteiger partial charge in [-0.25, -0.2) is 39.9 Å². The SMILES string of the molecule is CC(C)(C)OC(=O)CNCc1ccc(NC(=O)c2cc(N(CC3CC3)C3CCCCC3)ncn2)cc1.CCC(NCc1ccc(NC(=O)c2cc(N(CC3CC3)C3CCCCC3)ncn2)cc1)C(=O)OC.CCCN(CC1CC1)c1cc(C(=O)Nc2cc3cn[nH]c3cc2C)ncn1.CCCN(CCC)c1cc(C(=O)Nc2ccc(CN)cc2)ncn1. The van der Waals surface area contributed by atoms with Gasteiger partial charge in [-0.05, 0) is 206 Å². The van der Waals surface area contributed by atoms with Crippen molar-refractivity contribution >= 4 is 92.5 Å². The molecule has 9 aromatic rings. The van der Waals surface area contributed by atoms with Crippen LogP contribution in [0.25, 0.3) is 10.9 Å². The standard InChI is InChI=1S/C28H39N5O3.C27H37N5O3.C20H24N6O.C18H25N5O/c1-28(2,3)36-26(34)17-29-16-20-11-13-22(14-12-20)32-27(35)24-15-25(31-19-30-24)33(18-21-9-10-21)23-7-5-4-6-8-23;1-3-23(27(34)35-2)28-16-19-11-13-21(14-12-19)31-26(33)24-15-25(30-18-29-24)32(17-20-9-10-20)22-7-5-4-6-8-22;1-3-6-26(11-14-4-5-14)19-9-18(21-12-22-19)20(27)24-16-8-15-10-23-25-17(15)7-13(16)2;1-3-9-23(10-4-2)17-11-16(20-13-21-17)18(24)22-15-7-5-14(12-19)6-8-15/h11-15,19,21,23,29H,4-10,16-18H2,1-3H3,(H,32,35);11-15,18,20,22-23,28H,3-10,16-17H2,1-2H3,(H,31,33);7-10,12,14H,3-6,11H2,1-2H3,(H,23,25)(H,24,27);5-8,11,13H,3-4,9-10,12,19H2,1-2H3,(H,22,24). The number of aromatic nitrogens is 10. The average Bonchev–Trinajstić information content (AvgIpc) is 1.43. The number of hydrogen-bond acceptors (Lipinski definition) is 24. The van der Waals surface area contributed by atoms with Crippen molar-refractivity contribution in [1.82, 2.24) is 60.7 Å². The van der Waals surface area contributed by atoms with Crippen molar-refractivity contribution in [3.8, 4) is 0 Å². The third kappa shape index (κ3) is 28.9. The molecule has 5 heterocycles. The molecule has 1 unspecified atom stereocenters. The lowest BCUT2D eigenvalue weighted by Crippen LogP contribution is -2.39. The molecule has 4 aromatic carbocycles. The number of H-pyrrole nitrogens is 1. The van der Waals surface area contributed by atoms with Crippen molar-refractivity contribution in [1.29, 1.82) is 0 Å². The van der Waals surface area contributed by atoms with Crippen LogP contribution in [0.2, 0.25) is 0 Å². The number of rotatable bonds is 36. The molecule has 122 heavy (non-hydrogen) atoms. The molecule has 0 bridgehead atoms. The van der Waals surface area contributed by atoms with Crippen molar-refractivity contribution in [3.63, 3.8) is 0 Å². The largest absolute Gasteiger partial charge is 0.468 e. The van der Waals surface area contributed by atoms with Gasteiger partial charge in [0.1, 0.15) is 83.0 Å². The van der Waals surface area contributed by atoms with Crippen LogP contribution in [0, 0.1) is 24.7 Å². The first-order valence-electron chi connectivity index (χ1n) is 43.9. The predicted molar refractivity (Wildman–Crippen MR) is 480 cm³/mol. The molecule has 5 aromatic heterocycles. The molecule has 650 valence electrons. The van der Waals surface area contributed by atoms with Crippen LogP contribution in [0.1, 0.15) is 241 Å². The summed E-state index contributed by atoms with van der Waals surface area (Å²) in [7, 11) is 1.39. The van der Waals surface area contributed by atoms with Crippen LogP contribution in [-0.4, -0.2) is 162 Å². The third-order valence-corrected chi connectivity index (χ3v) is 22.1.